The van der Waals surface area contributed by atoms with Crippen LogP contribution in [0.25, 0.3) is 10.8 Å². The number of aromatic nitrogens is 3. The molecule has 3 rings (SSSR count). The van der Waals surface area contributed by atoms with Crippen LogP contribution < -0.4 is 0 Å². The van der Waals surface area contributed by atoms with Crippen LogP contribution in [0.15, 0.2) is 42.9 Å². The highest BCUT2D eigenvalue weighted by molar-refractivity contribution is 7.14. The number of thiazole rings is 1. The van der Waals surface area contributed by atoms with Crippen LogP contribution in [-0.4, -0.2) is 15.0 Å². The molecule has 0 amide bonds. The quantitative estimate of drug-likeness (QED) is 0.739. The molecule has 0 fully saturated rings. The molecule has 0 atom stereocenters. The molecule has 21 heavy (non-hydrogen) atoms. The molecule has 2 heterocycles. The zero-order valence-corrected chi connectivity index (χ0v) is 12.4. The predicted octanol–water partition coefficient (Wildman–Crippen LogP) is 3.72. The summed E-state index contributed by atoms with van der Waals surface area (Å²) in [5.41, 5.74) is 1.62. The maximum atomic E-state index is 8.73. The van der Waals surface area contributed by atoms with E-state index in [0.29, 0.717) is 11.4 Å². The number of nitriles is 1. The van der Waals surface area contributed by atoms with Gasteiger partial charge in [0.05, 0.1) is 5.56 Å². The highest BCUT2D eigenvalue weighted by Crippen LogP contribution is 2.24. The summed E-state index contributed by atoms with van der Waals surface area (Å²) in [5, 5.41) is 10.2. The highest BCUT2D eigenvalue weighted by Gasteiger charge is 2.08. The predicted molar refractivity (Wildman–Crippen MR) is 82.1 cm³/mol. The van der Waals surface area contributed by atoms with Crippen molar-refractivity contribution in [1.29, 1.82) is 5.26 Å². The van der Waals surface area contributed by atoms with E-state index in [1.54, 1.807) is 11.3 Å². The summed E-state index contributed by atoms with van der Waals surface area (Å²) >= 11 is 7.42. The molecule has 0 saturated heterocycles. The average molecular weight is 313 g/mol. The van der Waals surface area contributed by atoms with Crippen LogP contribution in [0.4, 0.5) is 0 Å². The maximum Gasteiger partial charge on any atom is 0.188 e. The first-order valence-electron chi connectivity index (χ1n) is 6.16. The molecule has 3 aromatic rings. The monoisotopic (exact) mass is 312 g/mol. The van der Waals surface area contributed by atoms with E-state index in [-0.39, 0.29) is 0 Å². The maximum absolute atomic E-state index is 8.73. The van der Waals surface area contributed by atoms with Gasteiger partial charge in [-0.25, -0.2) is 15.0 Å². The minimum Gasteiger partial charge on any atom is -0.241 e. The van der Waals surface area contributed by atoms with Gasteiger partial charge in [0.2, 0.25) is 0 Å². The lowest BCUT2D eigenvalue weighted by atomic mass is 10.1. The Morgan fingerprint density at radius 2 is 1.76 bits per heavy atom. The van der Waals surface area contributed by atoms with E-state index in [1.165, 1.54) is 18.0 Å². The molecular formula is C15H9ClN4S. The third-order valence-electron chi connectivity index (χ3n) is 2.82. The molecule has 2 aromatic heterocycles. The van der Waals surface area contributed by atoms with Gasteiger partial charge in [0, 0.05) is 34.9 Å². The van der Waals surface area contributed by atoms with Crippen molar-refractivity contribution in [2.75, 3.05) is 0 Å². The fraction of sp³-hybridized carbons (Fsp3) is 0.0667. The Morgan fingerprint density at radius 1 is 1.05 bits per heavy atom. The molecule has 0 bridgehead atoms. The highest BCUT2D eigenvalue weighted by atomic mass is 35.5. The zero-order valence-electron chi connectivity index (χ0n) is 10.8. The van der Waals surface area contributed by atoms with Crippen molar-refractivity contribution >= 4 is 22.9 Å². The Labute approximate surface area is 130 Å². The number of nitrogens with zero attached hydrogens (tertiary/aromatic N) is 4. The van der Waals surface area contributed by atoms with Gasteiger partial charge in [-0.1, -0.05) is 23.7 Å². The van der Waals surface area contributed by atoms with Crippen LogP contribution in [0.2, 0.25) is 5.02 Å². The van der Waals surface area contributed by atoms with Crippen LogP contribution in [-0.2, 0) is 6.42 Å². The van der Waals surface area contributed by atoms with Crippen molar-refractivity contribution in [1.82, 2.24) is 15.0 Å². The van der Waals surface area contributed by atoms with E-state index in [1.807, 2.05) is 36.5 Å². The molecule has 102 valence electrons. The van der Waals surface area contributed by atoms with E-state index in [0.717, 1.165) is 21.3 Å². The lowest BCUT2D eigenvalue weighted by Gasteiger charge is -1.98. The van der Waals surface area contributed by atoms with Crippen LogP contribution in [0.1, 0.15) is 16.0 Å². The first kappa shape index (κ1) is 13.7. The minimum absolute atomic E-state index is 0.441. The van der Waals surface area contributed by atoms with Gasteiger partial charge < -0.3 is 0 Å². The fourth-order valence-corrected chi connectivity index (χ4v) is 2.81. The molecule has 0 aliphatic rings. The van der Waals surface area contributed by atoms with Crippen molar-refractivity contribution in [3.63, 3.8) is 0 Å². The molecule has 0 spiro atoms. The van der Waals surface area contributed by atoms with Crippen LogP contribution >= 0.6 is 22.9 Å². The first-order chi connectivity index (χ1) is 10.2. The van der Waals surface area contributed by atoms with Gasteiger partial charge >= 0.3 is 0 Å². The van der Waals surface area contributed by atoms with Gasteiger partial charge in [-0.05, 0) is 17.7 Å². The second-order valence-corrected chi connectivity index (χ2v) is 5.89. The fourth-order valence-electron chi connectivity index (χ4n) is 1.79. The van der Waals surface area contributed by atoms with E-state index >= 15 is 0 Å². The molecule has 0 aliphatic heterocycles. The third kappa shape index (κ3) is 3.24. The number of benzene rings is 1. The Hall–Kier alpha value is -2.29. The molecule has 0 N–H and O–H groups in total. The van der Waals surface area contributed by atoms with Gasteiger partial charge in [0.25, 0.3) is 0 Å². The summed E-state index contributed by atoms with van der Waals surface area (Å²) in [5.74, 6) is 0.543. The van der Waals surface area contributed by atoms with E-state index in [9.17, 15) is 0 Å². The van der Waals surface area contributed by atoms with Gasteiger partial charge in [-0.2, -0.15) is 5.26 Å². The smallest absolute Gasteiger partial charge is 0.188 e. The Balaban J connectivity index is 1.79. The van der Waals surface area contributed by atoms with Crippen LogP contribution in [0.3, 0.4) is 0 Å². The Bertz CT molecular complexity index is 788. The Kier molecular flexibility index (Phi) is 3.91. The number of hydrogen-bond donors (Lipinski definition) is 0. The summed E-state index contributed by atoms with van der Waals surface area (Å²) in [7, 11) is 0. The van der Waals surface area contributed by atoms with Crippen LogP contribution in [0.5, 0.6) is 0 Å². The summed E-state index contributed by atoms with van der Waals surface area (Å²) in [6.45, 7) is 0. The van der Waals surface area contributed by atoms with Gasteiger partial charge in [-0.3, -0.25) is 0 Å². The minimum atomic E-state index is 0.441. The molecule has 4 nitrogen and oxygen atoms in total. The number of hydrogen-bond acceptors (Lipinski definition) is 5. The normalized spacial score (nSPS) is 10.3. The van der Waals surface area contributed by atoms with Gasteiger partial charge in [-0.15, -0.1) is 11.3 Å². The summed E-state index contributed by atoms with van der Waals surface area (Å²) in [6, 6.07) is 9.75. The molecule has 0 unspecified atom stereocenters. The van der Waals surface area contributed by atoms with Gasteiger partial charge in [0.1, 0.15) is 6.07 Å². The van der Waals surface area contributed by atoms with Crippen molar-refractivity contribution in [2.45, 2.75) is 6.42 Å². The largest absolute Gasteiger partial charge is 0.241 e. The number of rotatable bonds is 3. The number of halogens is 1. The van der Waals surface area contributed by atoms with Gasteiger partial charge in [0.15, 0.2) is 10.8 Å². The SMILES string of the molecule is N#Cc1cnc(-c2ncc(Cc3ccc(Cl)cc3)s2)nc1. The molecule has 0 saturated carbocycles. The molecule has 0 aliphatic carbocycles. The Morgan fingerprint density at radius 3 is 2.43 bits per heavy atom. The standard InChI is InChI=1S/C15H9ClN4S/c16-12-3-1-10(2-4-12)5-13-9-20-15(21-13)14-18-7-11(6-17)8-19-14/h1-4,7-9H,5H2. The topological polar surface area (TPSA) is 62.5 Å². The van der Waals surface area contributed by atoms with E-state index in [4.69, 9.17) is 16.9 Å². The molecule has 0 radical (unpaired) electrons. The zero-order chi connectivity index (χ0) is 14.7. The lowest BCUT2D eigenvalue weighted by molar-refractivity contribution is 1.14. The molecule has 6 heteroatoms. The average Bonchev–Trinajstić information content (AvgIpc) is 2.98. The summed E-state index contributed by atoms with van der Waals surface area (Å²) in [6.07, 6.45) is 5.63. The lowest BCUT2D eigenvalue weighted by Crippen LogP contribution is -1.88. The molecular weight excluding hydrogens is 304 g/mol. The van der Waals surface area contributed by atoms with Crippen molar-refractivity contribution in [2.24, 2.45) is 0 Å². The molecule has 1 aromatic carbocycles. The summed E-state index contributed by atoms with van der Waals surface area (Å²) < 4.78 is 0. The van der Waals surface area contributed by atoms with Crippen LogP contribution in [0, 0.1) is 11.3 Å². The van der Waals surface area contributed by atoms with E-state index in [2.05, 4.69) is 15.0 Å². The second kappa shape index (κ2) is 6.00. The van der Waals surface area contributed by atoms with Crippen molar-refractivity contribution in [3.05, 3.63) is 63.9 Å². The second-order valence-electron chi connectivity index (χ2n) is 4.34. The first-order valence-corrected chi connectivity index (χ1v) is 7.36. The van der Waals surface area contributed by atoms with Crippen molar-refractivity contribution < 1.29 is 0 Å². The summed E-state index contributed by atoms with van der Waals surface area (Å²) in [4.78, 5) is 13.8. The third-order valence-corrected chi connectivity index (χ3v) is 4.06. The van der Waals surface area contributed by atoms with Crippen molar-refractivity contribution in [3.8, 4) is 16.9 Å². The van der Waals surface area contributed by atoms with E-state index < -0.39 is 0 Å².